The summed E-state index contributed by atoms with van der Waals surface area (Å²) in [6.45, 7) is 4.46. The Morgan fingerprint density at radius 2 is 2.33 bits per heavy atom. The van der Waals surface area contributed by atoms with Gasteiger partial charge in [0.05, 0.1) is 6.54 Å². The van der Waals surface area contributed by atoms with Crippen molar-refractivity contribution < 1.29 is 9.53 Å². The minimum atomic E-state index is 0.0511. The topological polar surface area (TPSA) is 63.2 Å². The van der Waals surface area contributed by atoms with Crippen LogP contribution in [0.5, 0.6) is 0 Å². The van der Waals surface area contributed by atoms with E-state index in [9.17, 15) is 4.79 Å². The molecular weight excluding hydrogens is 250 g/mol. The number of hydrogen-bond donors (Lipinski definition) is 2. The van der Waals surface area contributed by atoms with E-state index in [-0.39, 0.29) is 11.9 Å². The van der Waals surface area contributed by atoms with Gasteiger partial charge in [0.25, 0.3) is 0 Å². The molecule has 0 spiro atoms. The summed E-state index contributed by atoms with van der Waals surface area (Å²) in [6, 6.07) is 0.273. The summed E-state index contributed by atoms with van der Waals surface area (Å²) in [6.07, 6.45) is 1.83. The molecule has 2 rings (SSSR count). The summed E-state index contributed by atoms with van der Waals surface area (Å²) in [4.78, 5) is 16.0. The minimum absolute atomic E-state index is 0.0511. The summed E-state index contributed by atoms with van der Waals surface area (Å²) in [5.41, 5.74) is 1.03. The van der Waals surface area contributed by atoms with E-state index in [4.69, 9.17) is 4.74 Å². The van der Waals surface area contributed by atoms with E-state index < -0.39 is 0 Å². The Bertz CT molecular complexity index is 388. The number of hydrogen-bond acceptors (Lipinski definition) is 5. The zero-order valence-electron chi connectivity index (χ0n) is 10.6. The number of nitrogens with zero attached hydrogens (tertiary/aromatic N) is 1. The van der Waals surface area contributed by atoms with Crippen molar-refractivity contribution in [1.29, 1.82) is 0 Å². The number of thiazole rings is 1. The van der Waals surface area contributed by atoms with Crippen molar-refractivity contribution in [3.63, 3.8) is 0 Å². The molecule has 1 aliphatic heterocycles. The summed E-state index contributed by atoms with van der Waals surface area (Å²) >= 11 is 1.62. The van der Waals surface area contributed by atoms with Crippen LogP contribution in [-0.4, -0.2) is 36.7 Å². The van der Waals surface area contributed by atoms with Gasteiger partial charge in [0.15, 0.2) is 0 Å². The number of carbonyl (C=O) groups excluding carboxylic acids is 1. The molecule has 0 bridgehead atoms. The highest BCUT2D eigenvalue weighted by molar-refractivity contribution is 7.09. The lowest BCUT2D eigenvalue weighted by Gasteiger charge is -2.23. The molecule has 1 fully saturated rings. The third kappa shape index (κ3) is 4.36. The van der Waals surface area contributed by atoms with Crippen LogP contribution in [-0.2, 0) is 16.1 Å². The van der Waals surface area contributed by atoms with Crippen LogP contribution in [0, 0.1) is 6.92 Å². The van der Waals surface area contributed by atoms with Crippen molar-refractivity contribution in [2.45, 2.75) is 32.4 Å². The summed E-state index contributed by atoms with van der Waals surface area (Å²) in [7, 11) is 0. The number of aryl methyl sites for hydroxylation is 1. The van der Waals surface area contributed by atoms with Gasteiger partial charge in [-0.05, 0) is 19.8 Å². The van der Waals surface area contributed by atoms with Crippen LogP contribution in [0.2, 0.25) is 0 Å². The van der Waals surface area contributed by atoms with E-state index in [1.54, 1.807) is 11.3 Å². The van der Waals surface area contributed by atoms with Crippen molar-refractivity contribution >= 4 is 17.2 Å². The zero-order chi connectivity index (χ0) is 12.8. The van der Waals surface area contributed by atoms with Gasteiger partial charge in [-0.25, -0.2) is 4.98 Å². The fourth-order valence-electron chi connectivity index (χ4n) is 1.89. The molecule has 0 aliphatic carbocycles. The average Bonchev–Trinajstić information content (AvgIpc) is 2.76. The minimum Gasteiger partial charge on any atom is -0.381 e. The lowest BCUT2D eigenvalue weighted by Crippen LogP contribution is -2.42. The van der Waals surface area contributed by atoms with Crippen LogP contribution in [0.4, 0.5) is 0 Å². The molecule has 1 aromatic heterocycles. The van der Waals surface area contributed by atoms with Gasteiger partial charge in [-0.2, -0.15) is 0 Å². The fourth-order valence-corrected chi connectivity index (χ4v) is 2.63. The van der Waals surface area contributed by atoms with Crippen LogP contribution < -0.4 is 10.6 Å². The number of nitrogens with one attached hydrogen (secondary N) is 2. The average molecular weight is 269 g/mol. The first kappa shape index (κ1) is 13.5. The number of amides is 1. The SMILES string of the molecule is Cc1csc(CNCC(=O)NC2CCOCC2)n1. The molecule has 2 N–H and O–H groups in total. The molecule has 0 atom stereocenters. The lowest BCUT2D eigenvalue weighted by atomic mass is 10.1. The number of rotatable bonds is 5. The number of ether oxygens (including phenoxy) is 1. The van der Waals surface area contributed by atoms with Gasteiger partial charge in [-0.1, -0.05) is 0 Å². The monoisotopic (exact) mass is 269 g/mol. The van der Waals surface area contributed by atoms with E-state index in [0.29, 0.717) is 13.1 Å². The molecule has 0 saturated carbocycles. The van der Waals surface area contributed by atoms with Crippen LogP contribution in [0.15, 0.2) is 5.38 Å². The standard InChI is InChI=1S/C12H19N3O2S/c1-9-8-18-12(14-9)7-13-6-11(16)15-10-2-4-17-5-3-10/h8,10,13H,2-7H2,1H3,(H,15,16). The van der Waals surface area contributed by atoms with Gasteiger partial charge >= 0.3 is 0 Å². The Balaban J connectivity index is 1.62. The quantitative estimate of drug-likeness (QED) is 0.831. The van der Waals surface area contributed by atoms with Crippen LogP contribution in [0.1, 0.15) is 23.5 Å². The third-order valence-electron chi connectivity index (χ3n) is 2.81. The predicted octanol–water partition coefficient (Wildman–Crippen LogP) is 0.836. The Hall–Kier alpha value is -0.980. The molecule has 1 saturated heterocycles. The molecule has 0 radical (unpaired) electrons. The fraction of sp³-hybridized carbons (Fsp3) is 0.667. The molecule has 6 heteroatoms. The molecular formula is C12H19N3O2S. The van der Waals surface area contributed by atoms with Crippen molar-refractivity contribution in [2.75, 3.05) is 19.8 Å². The molecule has 100 valence electrons. The predicted molar refractivity (Wildman–Crippen MR) is 70.5 cm³/mol. The number of aromatic nitrogens is 1. The van der Waals surface area contributed by atoms with E-state index >= 15 is 0 Å². The smallest absolute Gasteiger partial charge is 0.234 e. The van der Waals surface area contributed by atoms with Gasteiger partial charge in [-0.15, -0.1) is 11.3 Å². The Labute approximate surface area is 111 Å². The molecule has 0 aromatic carbocycles. The highest BCUT2D eigenvalue weighted by atomic mass is 32.1. The van der Waals surface area contributed by atoms with Crippen molar-refractivity contribution in [2.24, 2.45) is 0 Å². The molecule has 1 aliphatic rings. The lowest BCUT2D eigenvalue weighted by molar-refractivity contribution is -0.121. The van der Waals surface area contributed by atoms with Crippen molar-refractivity contribution in [3.8, 4) is 0 Å². The first-order valence-corrected chi connectivity index (χ1v) is 7.11. The van der Waals surface area contributed by atoms with E-state index in [1.807, 2.05) is 12.3 Å². The Morgan fingerprint density at radius 3 is 3.00 bits per heavy atom. The third-order valence-corrected chi connectivity index (χ3v) is 3.78. The van der Waals surface area contributed by atoms with E-state index in [2.05, 4.69) is 15.6 Å². The molecule has 1 amide bonds. The first-order chi connectivity index (χ1) is 8.74. The number of carbonyl (C=O) groups is 1. The maximum Gasteiger partial charge on any atom is 0.234 e. The van der Waals surface area contributed by atoms with Crippen molar-refractivity contribution in [3.05, 3.63) is 16.1 Å². The van der Waals surface area contributed by atoms with Crippen molar-refractivity contribution in [1.82, 2.24) is 15.6 Å². The first-order valence-electron chi connectivity index (χ1n) is 6.23. The Morgan fingerprint density at radius 1 is 1.56 bits per heavy atom. The van der Waals surface area contributed by atoms with Gasteiger partial charge < -0.3 is 15.4 Å². The van der Waals surface area contributed by atoms with Crippen LogP contribution in [0.3, 0.4) is 0 Å². The highest BCUT2D eigenvalue weighted by Crippen LogP contribution is 2.08. The van der Waals surface area contributed by atoms with Gasteiger partial charge in [0.2, 0.25) is 5.91 Å². The molecule has 1 aromatic rings. The largest absolute Gasteiger partial charge is 0.381 e. The molecule has 2 heterocycles. The normalized spacial score (nSPS) is 16.7. The molecule has 0 unspecified atom stereocenters. The maximum atomic E-state index is 11.7. The second-order valence-corrected chi connectivity index (χ2v) is 5.38. The van der Waals surface area contributed by atoms with Gasteiger partial charge in [-0.3, -0.25) is 4.79 Å². The van der Waals surface area contributed by atoms with Gasteiger partial charge in [0.1, 0.15) is 5.01 Å². The summed E-state index contributed by atoms with van der Waals surface area (Å²) in [5.74, 6) is 0.0511. The molecule has 5 nitrogen and oxygen atoms in total. The van der Waals surface area contributed by atoms with E-state index in [1.165, 1.54) is 0 Å². The molecule has 18 heavy (non-hydrogen) atoms. The van der Waals surface area contributed by atoms with E-state index in [0.717, 1.165) is 36.8 Å². The van der Waals surface area contributed by atoms with Gasteiger partial charge in [0, 0.05) is 36.9 Å². The highest BCUT2D eigenvalue weighted by Gasteiger charge is 2.15. The second kappa shape index (κ2) is 6.82. The Kier molecular flexibility index (Phi) is 5.10. The van der Waals surface area contributed by atoms with Crippen LogP contribution >= 0.6 is 11.3 Å². The summed E-state index contributed by atoms with van der Waals surface area (Å²) < 4.78 is 5.25. The maximum absolute atomic E-state index is 11.7. The van der Waals surface area contributed by atoms with Crippen LogP contribution in [0.25, 0.3) is 0 Å². The summed E-state index contributed by atoms with van der Waals surface area (Å²) in [5, 5.41) is 9.15. The zero-order valence-corrected chi connectivity index (χ0v) is 11.4. The second-order valence-electron chi connectivity index (χ2n) is 4.44.